The highest BCUT2D eigenvalue weighted by Crippen LogP contribution is 2.30. The number of aromatic nitrogens is 2. The molecule has 1 amide bonds. The molecule has 0 aliphatic heterocycles. The molecule has 0 unspecified atom stereocenters. The molecular weight excluding hydrogens is 342 g/mol. The Balaban J connectivity index is 1.53. The van der Waals surface area contributed by atoms with Gasteiger partial charge < -0.3 is 5.32 Å². The standard InChI is InChI=1S/C21H23N3OS/c1-14-18(15(2)24(23-14)16-8-4-3-5-9-16)12-22-21(25)19-13-26-20-11-7-6-10-17(19)20/h3-5,8-9,13H,6-7,10-12H2,1-2H3,(H,22,25). The first-order chi connectivity index (χ1) is 12.6. The molecule has 4 rings (SSSR count). The minimum atomic E-state index is 0.0376. The topological polar surface area (TPSA) is 46.9 Å². The van der Waals surface area contributed by atoms with Crippen molar-refractivity contribution < 1.29 is 4.79 Å². The van der Waals surface area contributed by atoms with Gasteiger partial charge in [0.05, 0.1) is 16.9 Å². The third-order valence-corrected chi connectivity index (χ3v) is 6.26. The number of nitrogens with zero attached hydrogens (tertiary/aromatic N) is 2. The molecule has 1 aliphatic carbocycles. The molecule has 1 aromatic carbocycles. The van der Waals surface area contributed by atoms with Crippen molar-refractivity contribution >= 4 is 17.2 Å². The molecule has 1 aliphatic rings. The van der Waals surface area contributed by atoms with Crippen LogP contribution in [-0.2, 0) is 19.4 Å². The molecule has 0 spiro atoms. The van der Waals surface area contributed by atoms with Crippen molar-refractivity contribution in [2.24, 2.45) is 0 Å². The maximum Gasteiger partial charge on any atom is 0.252 e. The highest BCUT2D eigenvalue weighted by Gasteiger charge is 2.21. The number of hydrogen-bond donors (Lipinski definition) is 1. The average Bonchev–Trinajstić information content (AvgIpc) is 3.22. The Morgan fingerprint density at radius 3 is 2.77 bits per heavy atom. The predicted octanol–water partition coefficient (Wildman–Crippen LogP) is 4.36. The lowest BCUT2D eigenvalue weighted by molar-refractivity contribution is 0.0950. The number of benzene rings is 1. The summed E-state index contributed by atoms with van der Waals surface area (Å²) in [7, 11) is 0. The summed E-state index contributed by atoms with van der Waals surface area (Å²) < 4.78 is 1.95. The third kappa shape index (κ3) is 3.07. The molecule has 2 aromatic heterocycles. The number of amides is 1. The van der Waals surface area contributed by atoms with E-state index in [0.29, 0.717) is 6.54 Å². The van der Waals surface area contributed by atoms with Crippen molar-refractivity contribution in [2.75, 3.05) is 0 Å². The number of aryl methyl sites for hydroxylation is 2. The van der Waals surface area contributed by atoms with Gasteiger partial charge in [-0.25, -0.2) is 4.68 Å². The fourth-order valence-corrected chi connectivity index (χ4v) is 4.83. The lowest BCUT2D eigenvalue weighted by Crippen LogP contribution is -2.24. The number of hydrogen-bond acceptors (Lipinski definition) is 3. The van der Waals surface area contributed by atoms with Crippen LogP contribution in [0.5, 0.6) is 0 Å². The monoisotopic (exact) mass is 365 g/mol. The second kappa shape index (κ2) is 7.08. The molecule has 134 valence electrons. The number of nitrogens with one attached hydrogen (secondary N) is 1. The minimum absolute atomic E-state index is 0.0376. The van der Waals surface area contributed by atoms with Crippen LogP contribution in [0.4, 0.5) is 0 Å². The Morgan fingerprint density at radius 1 is 1.19 bits per heavy atom. The summed E-state index contributed by atoms with van der Waals surface area (Å²) in [6.45, 7) is 4.56. The van der Waals surface area contributed by atoms with Crippen LogP contribution < -0.4 is 5.32 Å². The van der Waals surface area contributed by atoms with Gasteiger partial charge in [-0.2, -0.15) is 5.10 Å². The smallest absolute Gasteiger partial charge is 0.252 e. The quantitative estimate of drug-likeness (QED) is 0.747. The highest BCUT2D eigenvalue weighted by atomic mass is 32.1. The first-order valence-electron chi connectivity index (χ1n) is 9.13. The second-order valence-electron chi connectivity index (χ2n) is 6.84. The third-order valence-electron chi connectivity index (χ3n) is 5.17. The highest BCUT2D eigenvalue weighted by molar-refractivity contribution is 7.10. The molecule has 4 nitrogen and oxygen atoms in total. The summed E-state index contributed by atoms with van der Waals surface area (Å²) >= 11 is 1.73. The Labute approximate surface area is 157 Å². The van der Waals surface area contributed by atoms with Crippen LogP contribution >= 0.6 is 11.3 Å². The van der Waals surface area contributed by atoms with Gasteiger partial charge >= 0.3 is 0 Å². The zero-order valence-corrected chi connectivity index (χ0v) is 16.0. The molecule has 0 radical (unpaired) electrons. The largest absolute Gasteiger partial charge is 0.348 e. The lowest BCUT2D eigenvalue weighted by Gasteiger charge is -2.13. The van der Waals surface area contributed by atoms with Gasteiger partial charge in [0.2, 0.25) is 0 Å². The Bertz CT molecular complexity index is 940. The van der Waals surface area contributed by atoms with Crippen LogP contribution in [0.2, 0.25) is 0 Å². The molecule has 2 heterocycles. The number of fused-ring (bicyclic) bond motifs is 1. The fraction of sp³-hybridized carbons (Fsp3) is 0.333. The van der Waals surface area contributed by atoms with Gasteiger partial charge in [-0.15, -0.1) is 11.3 Å². The van der Waals surface area contributed by atoms with E-state index in [1.165, 1.54) is 23.3 Å². The Morgan fingerprint density at radius 2 is 1.96 bits per heavy atom. The van der Waals surface area contributed by atoms with Crippen LogP contribution in [0.25, 0.3) is 5.69 Å². The Kier molecular flexibility index (Phi) is 4.64. The molecule has 0 saturated carbocycles. The number of carbonyl (C=O) groups excluding carboxylic acids is 1. The maximum absolute atomic E-state index is 12.7. The fourth-order valence-electron chi connectivity index (χ4n) is 3.70. The van der Waals surface area contributed by atoms with E-state index in [2.05, 4.69) is 17.3 Å². The molecule has 0 fully saturated rings. The summed E-state index contributed by atoms with van der Waals surface area (Å²) in [6, 6.07) is 10.1. The summed E-state index contributed by atoms with van der Waals surface area (Å²) in [4.78, 5) is 14.1. The number of rotatable bonds is 4. The molecule has 0 atom stereocenters. The maximum atomic E-state index is 12.7. The van der Waals surface area contributed by atoms with E-state index in [1.807, 2.05) is 47.3 Å². The van der Waals surface area contributed by atoms with Gasteiger partial charge in [0, 0.05) is 28.1 Å². The van der Waals surface area contributed by atoms with Gasteiger partial charge in [0.15, 0.2) is 0 Å². The van der Waals surface area contributed by atoms with E-state index in [1.54, 1.807) is 11.3 Å². The van der Waals surface area contributed by atoms with E-state index in [9.17, 15) is 4.79 Å². The Hall–Kier alpha value is -2.40. The molecule has 3 aromatic rings. The molecular formula is C21H23N3OS. The first-order valence-corrected chi connectivity index (χ1v) is 10.0. The van der Waals surface area contributed by atoms with Crippen molar-refractivity contribution in [1.82, 2.24) is 15.1 Å². The summed E-state index contributed by atoms with van der Waals surface area (Å²) in [6.07, 6.45) is 4.58. The number of para-hydroxylation sites is 1. The van der Waals surface area contributed by atoms with Crippen LogP contribution in [0, 0.1) is 13.8 Å². The van der Waals surface area contributed by atoms with Crippen LogP contribution in [-0.4, -0.2) is 15.7 Å². The van der Waals surface area contributed by atoms with E-state index in [0.717, 1.165) is 41.0 Å². The van der Waals surface area contributed by atoms with Gasteiger partial charge in [0.25, 0.3) is 5.91 Å². The molecule has 0 saturated heterocycles. The van der Waals surface area contributed by atoms with Crippen molar-refractivity contribution in [3.8, 4) is 5.69 Å². The summed E-state index contributed by atoms with van der Waals surface area (Å²) in [5, 5.41) is 9.80. The minimum Gasteiger partial charge on any atom is -0.348 e. The van der Waals surface area contributed by atoms with Crippen molar-refractivity contribution in [2.45, 2.75) is 46.1 Å². The van der Waals surface area contributed by atoms with Crippen molar-refractivity contribution in [3.05, 3.63) is 68.7 Å². The van der Waals surface area contributed by atoms with E-state index in [4.69, 9.17) is 0 Å². The molecule has 5 heteroatoms. The zero-order chi connectivity index (χ0) is 18.1. The first kappa shape index (κ1) is 17.0. The van der Waals surface area contributed by atoms with Crippen LogP contribution in [0.3, 0.4) is 0 Å². The summed E-state index contributed by atoms with van der Waals surface area (Å²) in [5.41, 5.74) is 6.30. The van der Waals surface area contributed by atoms with E-state index in [-0.39, 0.29) is 5.91 Å². The van der Waals surface area contributed by atoms with Crippen LogP contribution in [0.1, 0.15) is 50.6 Å². The lowest BCUT2D eigenvalue weighted by atomic mass is 9.95. The number of carbonyl (C=O) groups is 1. The van der Waals surface area contributed by atoms with E-state index < -0.39 is 0 Å². The van der Waals surface area contributed by atoms with Gasteiger partial charge in [-0.1, -0.05) is 18.2 Å². The molecule has 1 N–H and O–H groups in total. The molecule has 0 bridgehead atoms. The second-order valence-corrected chi connectivity index (χ2v) is 7.80. The van der Waals surface area contributed by atoms with Crippen molar-refractivity contribution in [1.29, 1.82) is 0 Å². The van der Waals surface area contributed by atoms with Gasteiger partial charge in [-0.05, 0) is 57.2 Å². The predicted molar refractivity (Wildman–Crippen MR) is 105 cm³/mol. The SMILES string of the molecule is Cc1nn(-c2ccccc2)c(C)c1CNC(=O)c1csc2c1CCCC2. The molecule has 26 heavy (non-hydrogen) atoms. The van der Waals surface area contributed by atoms with Crippen molar-refractivity contribution in [3.63, 3.8) is 0 Å². The van der Waals surface area contributed by atoms with Crippen LogP contribution in [0.15, 0.2) is 35.7 Å². The zero-order valence-electron chi connectivity index (χ0n) is 15.2. The summed E-state index contributed by atoms with van der Waals surface area (Å²) in [5.74, 6) is 0.0376. The van der Waals surface area contributed by atoms with Gasteiger partial charge in [0.1, 0.15) is 0 Å². The average molecular weight is 366 g/mol. The number of thiophene rings is 1. The van der Waals surface area contributed by atoms with E-state index >= 15 is 0 Å². The van der Waals surface area contributed by atoms with Gasteiger partial charge in [-0.3, -0.25) is 4.79 Å². The normalized spacial score (nSPS) is 13.5.